The first-order valence-electron chi connectivity index (χ1n) is 7.94. The Hall–Kier alpha value is -2.01. The van der Waals surface area contributed by atoms with Gasteiger partial charge in [-0.2, -0.15) is 0 Å². The lowest BCUT2D eigenvalue weighted by atomic mass is 10.1. The highest BCUT2D eigenvalue weighted by Crippen LogP contribution is 2.24. The van der Waals surface area contributed by atoms with E-state index in [1.54, 1.807) is 12.4 Å². The minimum atomic E-state index is 0.388. The number of hydrogen-bond acceptors (Lipinski definition) is 5. The van der Waals surface area contributed by atoms with E-state index >= 15 is 0 Å². The molecule has 5 heteroatoms. The quantitative estimate of drug-likeness (QED) is 0.868. The molecule has 5 nitrogen and oxygen atoms in total. The monoisotopic (exact) mass is 298 g/mol. The van der Waals surface area contributed by atoms with Crippen LogP contribution >= 0.6 is 0 Å². The molecule has 1 fully saturated rings. The Bertz CT molecular complexity index is 617. The average Bonchev–Trinajstić information content (AvgIpc) is 2.62. The zero-order valence-electron chi connectivity index (χ0n) is 13.2. The lowest BCUT2D eigenvalue weighted by Crippen LogP contribution is -2.45. The van der Waals surface area contributed by atoms with Crippen molar-refractivity contribution in [3.63, 3.8) is 0 Å². The molecule has 0 aromatic carbocycles. The molecular formula is C17H22N4O. The Labute approximate surface area is 131 Å². The van der Waals surface area contributed by atoms with Crippen LogP contribution in [-0.2, 0) is 11.2 Å². The number of hydrogen-bond donors (Lipinski definition) is 0. The van der Waals surface area contributed by atoms with Crippen LogP contribution in [0.3, 0.4) is 0 Å². The number of rotatable bonds is 4. The molecule has 1 unspecified atom stereocenters. The van der Waals surface area contributed by atoms with E-state index in [9.17, 15) is 0 Å². The minimum absolute atomic E-state index is 0.388. The molecule has 2 aromatic rings. The lowest BCUT2D eigenvalue weighted by Gasteiger charge is -2.36. The topological polar surface area (TPSA) is 51.1 Å². The third kappa shape index (κ3) is 3.09. The van der Waals surface area contributed by atoms with Gasteiger partial charge < -0.3 is 9.64 Å². The first kappa shape index (κ1) is 14.9. The normalized spacial score (nSPS) is 18.5. The molecule has 0 aliphatic carbocycles. The van der Waals surface area contributed by atoms with Crippen LogP contribution in [0.15, 0.2) is 30.6 Å². The summed E-state index contributed by atoms with van der Waals surface area (Å²) in [6, 6.07) is 6.40. The second-order valence-corrected chi connectivity index (χ2v) is 5.46. The predicted molar refractivity (Wildman–Crippen MR) is 86.9 cm³/mol. The Kier molecular flexibility index (Phi) is 4.63. The van der Waals surface area contributed by atoms with Crippen LogP contribution in [0.2, 0.25) is 0 Å². The van der Waals surface area contributed by atoms with Crippen molar-refractivity contribution in [1.29, 1.82) is 0 Å². The maximum absolute atomic E-state index is 5.60. The summed E-state index contributed by atoms with van der Waals surface area (Å²) in [4.78, 5) is 15.9. The van der Waals surface area contributed by atoms with Crippen LogP contribution in [0, 0.1) is 0 Å². The van der Waals surface area contributed by atoms with Gasteiger partial charge in [0.05, 0.1) is 19.3 Å². The Morgan fingerprint density at radius 3 is 2.77 bits per heavy atom. The highest BCUT2D eigenvalue weighted by Gasteiger charge is 2.23. The summed E-state index contributed by atoms with van der Waals surface area (Å²) in [5.74, 6) is 1.78. The molecule has 1 atom stereocenters. The first-order valence-corrected chi connectivity index (χ1v) is 7.94. The molecule has 1 saturated heterocycles. The Morgan fingerprint density at radius 2 is 2.05 bits per heavy atom. The molecular weight excluding hydrogens is 276 g/mol. The molecule has 0 spiro atoms. The zero-order valence-corrected chi connectivity index (χ0v) is 13.2. The number of ether oxygens (including phenoxy) is 1. The van der Waals surface area contributed by atoms with Crippen LogP contribution in [0.25, 0.3) is 11.4 Å². The van der Waals surface area contributed by atoms with Gasteiger partial charge in [0.2, 0.25) is 0 Å². The molecule has 3 heterocycles. The predicted octanol–water partition coefficient (Wildman–Crippen LogP) is 2.72. The van der Waals surface area contributed by atoms with Crippen LogP contribution in [0.5, 0.6) is 0 Å². The number of aromatic nitrogens is 3. The van der Waals surface area contributed by atoms with Gasteiger partial charge in [-0.05, 0) is 25.0 Å². The van der Waals surface area contributed by atoms with Crippen LogP contribution < -0.4 is 4.90 Å². The Balaban J connectivity index is 2.00. The van der Waals surface area contributed by atoms with E-state index in [0.717, 1.165) is 55.5 Å². The summed E-state index contributed by atoms with van der Waals surface area (Å²) in [5.41, 5.74) is 2.08. The number of pyridine rings is 1. The van der Waals surface area contributed by atoms with Crippen molar-refractivity contribution in [1.82, 2.24) is 15.0 Å². The van der Waals surface area contributed by atoms with Crippen molar-refractivity contribution < 1.29 is 4.74 Å². The number of aryl methyl sites for hydroxylation is 1. The molecule has 1 aliphatic rings. The van der Waals surface area contributed by atoms with Crippen LogP contribution in [0.4, 0.5) is 5.82 Å². The molecule has 0 saturated carbocycles. The smallest absolute Gasteiger partial charge is 0.161 e. The second kappa shape index (κ2) is 6.83. The van der Waals surface area contributed by atoms with E-state index < -0.39 is 0 Å². The van der Waals surface area contributed by atoms with Gasteiger partial charge in [0.15, 0.2) is 5.82 Å². The van der Waals surface area contributed by atoms with Gasteiger partial charge in [-0.25, -0.2) is 9.97 Å². The van der Waals surface area contributed by atoms with Gasteiger partial charge >= 0.3 is 0 Å². The standard InChI is InChI=1S/C17H22N4O/c1-3-14-11-16(21-9-10-22-12-15(21)4-2)20-17(19-14)13-5-7-18-8-6-13/h5-8,11,15H,3-4,9-10,12H2,1-2H3. The molecule has 22 heavy (non-hydrogen) atoms. The molecule has 0 bridgehead atoms. The fourth-order valence-electron chi connectivity index (χ4n) is 2.74. The molecule has 1 aliphatic heterocycles. The van der Waals surface area contributed by atoms with Gasteiger partial charge in [0, 0.05) is 36.3 Å². The van der Waals surface area contributed by atoms with Gasteiger partial charge in [0.1, 0.15) is 5.82 Å². The maximum atomic E-state index is 5.60. The molecule has 3 rings (SSSR count). The SMILES string of the molecule is CCc1cc(N2CCOCC2CC)nc(-c2ccncc2)n1. The third-order valence-corrected chi connectivity index (χ3v) is 4.06. The van der Waals surface area contributed by atoms with Gasteiger partial charge in [-0.15, -0.1) is 0 Å². The largest absolute Gasteiger partial charge is 0.377 e. The van der Waals surface area contributed by atoms with Crippen molar-refractivity contribution in [2.75, 3.05) is 24.7 Å². The van der Waals surface area contributed by atoms with E-state index in [2.05, 4.69) is 34.8 Å². The van der Waals surface area contributed by atoms with Gasteiger partial charge in [-0.1, -0.05) is 13.8 Å². The minimum Gasteiger partial charge on any atom is -0.377 e. The van der Waals surface area contributed by atoms with Gasteiger partial charge in [0.25, 0.3) is 0 Å². The highest BCUT2D eigenvalue weighted by atomic mass is 16.5. The van der Waals surface area contributed by atoms with Crippen molar-refractivity contribution >= 4 is 5.82 Å². The summed E-state index contributed by atoms with van der Waals surface area (Å²) >= 11 is 0. The van der Waals surface area contributed by atoms with Crippen LogP contribution in [0.1, 0.15) is 26.0 Å². The third-order valence-electron chi connectivity index (χ3n) is 4.06. The first-order chi connectivity index (χ1) is 10.8. The van der Waals surface area contributed by atoms with E-state index in [0.29, 0.717) is 6.04 Å². The van der Waals surface area contributed by atoms with E-state index in [1.807, 2.05) is 12.1 Å². The molecule has 0 amide bonds. The second-order valence-electron chi connectivity index (χ2n) is 5.46. The van der Waals surface area contributed by atoms with Crippen molar-refractivity contribution in [3.05, 3.63) is 36.3 Å². The molecule has 2 aromatic heterocycles. The average molecular weight is 298 g/mol. The highest BCUT2D eigenvalue weighted by molar-refractivity contribution is 5.57. The van der Waals surface area contributed by atoms with Crippen molar-refractivity contribution in [2.45, 2.75) is 32.7 Å². The lowest BCUT2D eigenvalue weighted by molar-refractivity contribution is 0.0925. The summed E-state index contributed by atoms with van der Waals surface area (Å²) < 4.78 is 5.60. The summed E-state index contributed by atoms with van der Waals surface area (Å²) in [7, 11) is 0. The summed E-state index contributed by atoms with van der Waals surface area (Å²) in [6.45, 7) is 6.73. The number of anilines is 1. The van der Waals surface area contributed by atoms with Crippen LogP contribution in [-0.4, -0.2) is 40.8 Å². The summed E-state index contributed by atoms with van der Waals surface area (Å²) in [6.07, 6.45) is 5.51. The fraction of sp³-hybridized carbons (Fsp3) is 0.471. The Morgan fingerprint density at radius 1 is 1.23 bits per heavy atom. The molecule has 0 N–H and O–H groups in total. The van der Waals surface area contributed by atoms with Gasteiger partial charge in [-0.3, -0.25) is 4.98 Å². The molecule has 0 radical (unpaired) electrons. The number of morpholine rings is 1. The fourth-order valence-corrected chi connectivity index (χ4v) is 2.74. The molecule has 116 valence electrons. The zero-order chi connectivity index (χ0) is 15.4. The van der Waals surface area contributed by atoms with E-state index in [4.69, 9.17) is 9.72 Å². The maximum Gasteiger partial charge on any atom is 0.161 e. The van der Waals surface area contributed by atoms with E-state index in [-0.39, 0.29) is 0 Å². The van der Waals surface area contributed by atoms with E-state index in [1.165, 1.54) is 0 Å². The van der Waals surface area contributed by atoms with Crippen molar-refractivity contribution in [3.8, 4) is 11.4 Å². The summed E-state index contributed by atoms with van der Waals surface area (Å²) in [5, 5.41) is 0. The number of nitrogens with zero attached hydrogens (tertiary/aromatic N) is 4. The van der Waals surface area contributed by atoms with Crippen molar-refractivity contribution in [2.24, 2.45) is 0 Å².